The highest BCUT2D eigenvalue weighted by Gasteiger charge is 2.30. The fourth-order valence-corrected chi connectivity index (χ4v) is 3.52. The maximum Gasteiger partial charge on any atom is 0.360 e. The molecule has 1 aromatic heterocycles. The predicted molar refractivity (Wildman–Crippen MR) is 96.1 cm³/mol. The first kappa shape index (κ1) is 20.5. The summed E-state index contributed by atoms with van der Waals surface area (Å²) in [6.07, 6.45) is 0. The molecule has 0 aliphatic carbocycles. The number of carbonyl (C=O) groups excluding carboxylic acids is 1. The van der Waals surface area contributed by atoms with Gasteiger partial charge in [0.15, 0.2) is 10.8 Å². The average Bonchev–Trinajstić information content (AvgIpc) is 2.90. The molecule has 0 fully saturated rings. The van der Waals surface area contributed by atoms with Gasteiger partial charge in [0.2, 0.25) is 0 Å². The maximum absolute atomic E-state index is 12.2. The number of nitrogens with zero attached hydrogens (tertiary/aromatic N) is 1. The quantitative estimate of drug-likeness (QED) is 0.612. The van der Waals surface area contributed by atoms with E-state index in [-0.39, 0.29) is 34.6 Å². The van der Waals surface area contributed by atoms with Crippen LogP contribution >= 0.6 is 23.2 Å². The lowest BCUT2D eigenvalue weighted by molar-refractivity contribution is 0.0472. The monoisotopic (exact) mass is 403 g/mol. The molecule has 3 N–H and O–H groups in total. The van der Waals surface area contributed by atoms with Crippen LogP contribution in [0.4, 0.5) is 0 Å². The smallest absolute Gasteiger partial charge is 0.360 e. The molecule has 1 aromatic carbocycles. The van der Waals surface area contributed by atoms with Crippen molar-refractivity contribution in [1.29, 1.82) is 0 Å². The first-order valence-corrected chi connectivity index (χ1v) is 8.50. The number of ether oxygens (including phenoxy) is 1. The number of carbonyl (C=O) groups is 1. The molecule has 0 unspecified atom stereocenters. The minimum atomic E-state index is -0.715. The highest BCUT2D eigenvalue weighted by Crippen LogP contribution is 2.42. The molecule has 7 nitrogen and oxygen atoms in total. The zero-order valence-electron chi connectivity index (χ0n) is 14.3. The van der Waals surface area contributed by atoms with Gasteiger partial charge in [0, 0.05) is 5.56 Å². The van der Waals surface area contributed by atoms with E-state index in [2.05, 4.69) is 0 Å². The summed E-state index contributed by atoms with van der Waals surface area (Å²) >= 11 is 12.8. The van der Waals surface area contributed by atoms with E-state index in [1.165, 1.54) is 7.11 Å². The van der Waals surface area contributed by atoms with Gasteiger partial charge in [0.25, 0.3) is 0 Å². The molecule has 0 saturated heterocycles. The summed E-state index contributed by atoms with van der Waals surface area (Å²) in [6, 6.07) is 3.18. The molecular weight excluding hydrogens is 385 g/mol. The number of rotatable bonds is 7. The summed E-state index contributed by atoms with van der Waals surface area (Å²) < 4.78 is 6.03. The topological polar surface area (TPSA) is 101 Å². The summed E-state index contributed by atoms with van der Waals surface area (Å²) in [5.41, 5.74) is 1.74. The van der Waals surface area contributed by atoms with Crippen molar-refractivity contribution >= 4 is 29.2 Å². The van der Waals surface area contributed by atoms with Crippen molar-refractivity contribution in [2.24, 2.45) is 0 Å². The van der Waals surface area contributed by atoms with Crippen LogP contribution in [-0.4, -0.2) is 39.7 Å². The van der Waals surface area contributed by atoms with Crippen LogP contribution in [0.1, 0.15) is 34.1 Å². The molecule has 0 saturated carbocycles. The van der Waals surface area contributed by atoms with Crippen LogP contribution in [0, 0.1) is 0 Å². The number of benzene rings is 1. The van der Waals surface area contributed by atoms with Crippen LogP contribution in [0.15, 0.2) is 12.1 Å². The number of aliphatic hydroxyl groups is 3. The maximum atomic E-state index is 12.2. The van der Waals surface area contributed by atoms with E-state index in [1.807, 2.05) is 0 Å². The van der Waals surface area contributed by atoms with Gasteiger partial charge in [0.05, 0.1) is 31.5 Å². The van der Waals surface area contributed by atoms with Crippen LogP contribution in [0.2, 0.25) is 10.2 Å². The Morgan fingerprint density at radius 3 is 2.27 bits per heavy atom. The number of esters is 1. The summed E-state index contributed by atoms with van der Waals surface area (Å²) in [6.45, 7) is 0.652. The van der Waals surface area contributed by atoms with Crippen LogP contribution in [-0.2, 0) is 24.6 Å². The Balaban J connectivity index is 2.80. The fourth-order valence-electron chi connectivity index (χ4n) is 2.77. The Labute approximate surface area is 160 Å². The Morgan fingerprint density at radius 2 is 1.77 bits per heavy atom. The summed E-state index contributed by atoms with van der Waals surface area (Å²) in [4.78, 5) is 17.4. The molecule has 2 aromatic rings. The van der Waals surface area contributed by atoms with E-state index in [1.54, 1.807) is 19.1 Å². The Bertz CT molecular complexity index is 818. The summed E-state index contributed by atoms with van der Waals surface area (Å²) in [7, 11) is 1.32. The van der Waals surface area contributed by atoms with Gasteiger partial charge in [-0.3, -0.25) is 0 Å². The molecular formula is C17H19Cl2NO6. The van der Waals surface area contributed by atoms with Crippen molar-refractivity contribution in [3.8, 4) is 11.1 Å². The lowest BCUT2D eigenvalue weighted by atomic mass is 9.93. The van der Waals surface area contributed by atoms with Crippen molar-refractivity contribution in [1.82, 2.24) is 4.73 Å². The van der Waals surface area contributed by atoms with Crippen LogP contribution < -0.4 is 4.84 Å². The molecule has 26 heavy (non-hydrogen) atoms. The van der Waals surface area contributed by atoms with Crippen LogP contribution in [0.3, 0.4) is 0 Å². The van der Waals surface area contributed by atoms with Gasteiger partial charge in [-0.2, -0.15) is 4.73 Å². The third kappa shape index (κ3) is 3.41. The zero-order chi connectivity index (χ0) is 19.4. The number of halogens is 2. The molecule has 0 aliphatic rings. The predicted octanol–water partition coefficient (Wildman–Crippen LogP) is 2.17. The number of hydrogen-bond donors (Lipinski definition) is 3. The van der Waals surface area contributed by atoms with E-state index < -0.39 is 19.2 Å². The van der Waals surface area contributed by atoms with E-state index in [0.29, 0.717) is 22.3 Å². The summed E-state index contributed by atoms with van der Waals surface area (Å²) in [5, 5.41) is 28.9. The third-order valence-corrected chi connectivity index (χ3v) is 4.66. The largest absolute Gasteiger partial charge is 0.461 e. The second-order valence-corrected chi connectivity index (χ2v) is 5.97. The second-order valence-electron chi connectivity index (χ2n) is 5.23. The van der Waals surface area contributed by atoms with Crippen molar-refractivity contribution in [3.05, 3.63) is 44.7 Å². The highest BCUT2D eigenvalue weighted by atomic mass is 35.5. The Morgan fingerprint density at radius 1 is 1.12 bits per heavy atom. The minimum Gasteiger partial charge on any atom is -0.461 e. The molecule has 2 rings (SSSR count). The molecule has 0 radical (unpaired) electrons. The van der Waals surface area contributed by atoms with Gasteiger partial charge in [0.1, 0.15) is 7.11 Å². The lowest BCUT2D eigenvalue weighted by Crippen LogP contribution is -2.16. The molecule has 9 heteroatoms. The van der Waals surface area contributed by atoms with E-state index in [4.69, 9.17) is 32.8 Å². The van der Waals surface area contributed by atoms with E-state index >= 15 is 0 Å². The number of aromatic nitrogens is 1. The van der Waals surface area contributed by atoms with E-state index in [0.717, 1.165) is 4.73 Å². The SMILES string of the molecule is CCOC(=O)c1c(Cl)c(-c2ccc(CO)c(CO)c2CO)c(Cl)n1OC. The first-order valence-electron chi connectivity index (χ1n) is 7.74. The van der Waals surface area contributed by atoms with Gasteiger partial charge < -0.3 is 24.9 Å². The van der Waals surface area contributed by atoms with Gasteiger partial charge in [-0.1, -0.05) is 35.3 Å². The fraction of sp³-hybridized carbons (Fsp3) is 0.353. The second kappa shape index (κ2) is 8.75. The number of hydrogen-bond acceptors (Lipinski definition) is 6. The standard InChI is InChI=1S/C17H19Cl2NO6/c1-3-26-17(24)15-14(18)13(16(19)20(15)25-2)10-5-4-9(6-21)11(7-22)12(10)8-23/h4-5,21-23H,3,6-8H2,1-2H3. The highest BCUT2D eigenvalue weighted by molar-refractivity contribution is 6.41. The molecule has 142 valence electrons. The lowest BCUT2D eigenvalue weighted by Gasteiger charge is -2.15. The first-order chi connectivity index (χ1) is 12.5. The Hall–Kier alpha value is -1.77. The molecule has 0 spiro atoms. The third-order valence-electron chi connectivity index (χ3n) is 3.95. The summed E-state index contributed by atoms with van der Waals surface area (Å²) in [5.74, 6) is -0.715. The van der Waals surface area contributed by atoms with Gasteiger partial charge >= 0.3 is 5.97 Å². The van der Waals surface area contributed by atoms with Crippen molar-refractivity contribution in [3.63, 3.8) is 0 Å². The minimum absolute atomic E-state index is 0.00867. The van der Waals surface area contributed by atoms with Gasteiger partial charge in [-0.15, -0.1) is 0 Å². The van der Waals surface area contributed by atoms with Gasteiger partial charge in [-0.05, 0) is 29.2 Å². The van der Waals surface area contributed by atoms with Crippen LogP contribution in [0.25, 0.3) is 11.1 Å². The van der Waals surface area contributed by atoms with Crippen LogP contribution in [0.5, 0.6) is 0 Å². The van der Waals surface area contributed by atoms with Gasteiger partial charge in [-0.25, -0.2) is 4.79 Å². The number of aliphatic hydroxyl groups excluding tert-OH is 3. The molecule has 0 atom stereocenters. The molecule has 0 bridgehead atoms. The molecule has 1 heterocycles. The van der Waals surface area contributed by atoms with Crippen molar-refractivity contribution in [2.75, 3.05) is 13.7 Å². The Kier molecular flexibility index (Phi) is 6.91. The van der Waals surface area contributed by atoms with E-state index in [9.17, 15) is 20.1 Å². The molecule has 0 amide bonds. The van der Waals surface area contributed by atoms with Crippen molar-refractivity contribution < 1.29 is 29.7 Å². The molecule has 0 aliphatic heterocycles. The van der Waals surface area contributed by atoms with Crippen molar-refractivity contribution in [2.45, 2.75) is 26.7 Å². The zero-order valence-corrected chi connectivity index (χ0v) is 15.8. The average molecular weight is 404 g/mol. The normalized spacial score (nSPS) is 10.9.